The van der Waals surface area contributed by atoms with Gasteiger partial charge in [-0.1, -0.05) is 6.92 Å². The molecule has 0 bridgehead atoms. The zero-order chi connectivity index (χ0) is 21.0. The van der Waals surface area contributed by atoms with Gasteiger partial charge in [-0.3, -0.25) is 4.79 Å². The van der Waals surface area contributed by atoms with Crippen molar-refractivity contribution in [2.75, 3.05) is 25.5 Å². The lowest BCUT2D eigenvalue weighted by Crippen LogP contribution is -2.31. The summed E-state index contributed by atoms with van der Waals surface area (Å²) in [7, 11) is -2.22. The summed E-state index contributed by atoms with van der Waals surface area (Å²) in [5.41, 5.74) is 1.14. The summed E-state index contributed by atoms with van der Waals surface area (Å²) in [6, 6.07) is 4.78. The second kappa shape index (κ2) is 8.75. The van der Waals surface area contributed by atoms with Crippen molar-refractivity contribution in [2.45, 2.75) is 37.7 Å². The number of hydrogen-bond acceptors (Lipinski definition) is 7. The number of rotatable bonds is 7. The predicted molar refractivity (Wildman–Crippen MR) is 106 cm³/mol. The molecule has 156 valence electrons. The van der Waals surface area contributed by atoms with Crippen LogP contribution in [0, 0.1) is 6.92 Å². The second-order valence-corrected chi connectivity index (χ2v) is 8.55. The number of nitrogens with zero attached hydrogens (tertiary/aromatic N) is 3. The average molecular weight is 420 g/mol. The van der Waals surface area contributed by atoms with Crippen molar-refractivity contribution in [1.82, 2.24) is 14.3 Å². The van der Waals surface area contributed by atoms with Crippen LogP contribution in [0.1, 0.15) is 25.3 Å². The predicted octanol–water partition coefficient (Wildman–Crippen LogP) is 1.98. The summed E-state index contributed by atoms with van der Waals surface area (Å²) in [4.78, 5) is 19.9. The topological polar surface area (TPSA) is 111 Å². The maximum atomic E-state index is 13.1. The molecule has 1 fully saturated rings. The molecule has 1 saturated heterocycles. The minimum absolute atomic E-state index is 0.126. The maximum absolute atomic E-state index is 13.1. The lowest BCUT2D eigenvalue weighted by Gasteiger charge is -2.19. The van der Waals surface area contributed by atoms with Crippen LogP contribution in [-0.4, -0.2) is 54.9 Å². The maximum Gasteiger partial charge on any atom is 0.278 e. The zero-order valence-electron chi connectivity index (χ0n) is 16.6. The molecule has 1 unspecified atom stereocenters. The fourth-order valence-corrected chi connectivity index (χ4v) is 4.80. The Morgan fingerprint density at radius 1 is 1.28 bits per heavy atom. The summed E-state index contributed by atoms with van der Waals surface area (Å²) >= 11 is 0. The van der Waals surface area contributed by atoms with Gasteiger partial charge in [-0.25, -0.2) is 18.4 Å². The van der Waals surface area contributed by atoms with Crippen LogP contribution in [0.2, 0.25) is 0 Å². The minimum atomic E-state index is -3.69. The summed E-state index contributed by atoms with van der Waals surface area (Å²) < 4.78 is 38.5. The van der Waals surface area contributed by atoms with E-state index in [0.29, 0.717) is 30.6 Å². The van der Waals surface area contributed by atoms with E-state index < -0.39 is 10.0 Å². The van der Waals surface area contributed by atoms with Gasteiger partial charge in [0.05, 0.1) is 18.6 Å². The molecule has 1 N–H and O–H groups in total. The van der Waals surface area contributed by atoms with Crippen LogP contribution < -0.4 is 14.8 Å². The van der Waals surface area contributed by atoms with Gasteiger partial charge in [-0.05, 0) is 37.1 Å². The first-order valence-corrected chi connectivity index (χ1v) is 10.7. The van der Waals surface area contributed by atoms with E-state index in [9.17, 15) is 13.2 Å². The summed E-state index contributed by atoms with van der Waals surface area (Å²) in [5, 5.41) is 2.73. The Bertz CT molecular complexity index is 996. The van der Waals surface area contributed by atoms with E-state index in [4.69, 9.17) is 9.47 Å². The van der Waals surface area contributed by atoms with Gasteiger partial charge in [0.15, 0.2) is 0 Å². The number of amides is 1. The van der Waals surface area contributed by atoms with Crippen molar-refractivity contribution < 1.29 is 22.7 Å². The average Bonchev–Trinajstić information content (AvgIpc) is 3.17. The van der Waals surface area contributed by atoms with Gasteiger partial charge in [0.1, 0.15) is 6.10 Å². The van der Waals surface area contributed by atoms with Gasteiger partial charge in [0.25, 0.3) is 11.8 Å². The highest BCUT2D eigenvalue weighted by atomic mass is 32.2. The largest absolute Gasteiger partial charge is 0.477 e. The molecule has 0 saturated carbocycles. The molecule has 2 heterocycles. The Balaban J connectivity index is 1.73. The number of ether oxygens (including phenoxy) is 2. The Morgan fingerprint density at radius 3 is 2.66 bits per heavy atom. The van der Waals surface area contributed by atoms with Crippen molar-refractivity contribution in [3.63, 3.8) is 0 Å². The molecule has 0 aliphatic carbocycles. The lowest BCUT2D eigenvalue weighted by molar-refractivity contribution is -0.115. The van der Waals surface area contributed by atoms with E-state index in [1.54, 1.807) is 26.0 Å². The van der Waals surface area contributed by atoms with E-state index in [0.717, 1.165) is 0 Å². The van der Waals surface area contributed by atoms with Crippen molar-refractivity contribution in [3.05, 3.63) is 36.2 Å². The van der Waals surface area contributed by atoms with Crippen molar-refractivity contribution in [3.8, 4) is 11.8 Å². The van der Waals surface area contributed by atoms with E-state index in [1.807, 2.05) is 0 Å². The van der Waals surface area contributed by atoms with Crippen molar-refractivity contribution in [1.29, 1.82) is 0 Å². The highest BCUT2D eigenvalue weighted by molar-refractivity contribution is 7.89. The Kier molecular flexibility index (Phi) is 6.33. The molecule has 1 aliphatic heterocycles. The number of aromatic nitrogens is 2. The molecule has 0 spiro atoms. The number of aryl methyl sites for hydroxylation is 1. The molecule has 29 heavy (non-hydrogen) atoms. The van der Waals surface area contributed by atoms with E-state index in [-0.39, 0.29) is 35.2 Å². The molecule has 1 aromatic heterocycles. The van der Waals surface area contributed by atoms with Crippen LogP contribution in [0.4, 0.5) is 5.69 Å². The number of nitrogens with one attached hydrogen (secondary N) is 1. The smallest absolute Gasteiger partial charge is 0.278 e. The van der Waals surface area contributed by atoms with Gasteiger partial charge >= 0.3 is 0 Å². The second-order valence-electron chi connectivity index (χ2n) is 6.64. The number of benzene rings is 1. The van der Waals surface area contributed by atoms with E-state index in [1.165, 1.54) is 29.9 Å². The fourth-order valence-electron chi connectivity index (χ4n) is 3.11. The van der Waals surface area contributed by atoms with Crippen LogP contribution in [0.5, 0.6) is 11.8 Å². The molecule has 1 amide bonds. The van der Waals surface area contributed by atoms with E-state index >= 15 is 0 Å². The number of methoxy groups -OCH3 is 1. The van der Waals surface area contributed by atoms with Gasteiger partial charge in [0.2, 0.25) is 15.9 Å². The zero-order valence-corrected chi connectivity index (χ0v) is 17.4. The van der Waals surface area contributed by atoms with Crippen LogP contribution in [0.25, 0.3) is 0 Å². The first-order chi connectivity index (χ1) is 13.8. The standard InChI is InChI=1S/C19H24N4O5S/c1-4-17(24)22-14-5-6-16(13(2)11-14)29(25,26)23-10-7-15(12-23)28-19-18(27-3)20-8-9-21-19/h5-6,8-9,11,15H,4,7,10,12H2,1-3H3,(H,22,24). The minimum Gasteiger partial charge on any atom is -0.477 e. The number of anilines is 1. The summed E-state index contributed by atoms with van der Waals surface area (Å²) in [6.07, 6.45) is 3.52. The Morgan fingerprint density at radius 2 is 2.00 bits per heavy atom. The lowest BCUT2D eigenvalue weighted by atomic mass is 10.2. The molecule has 10 heteroatoms. The third-order valence-electron chi connectivity index (χ3n) is 4.61. The number of sulfonamides is 1. The highest BCUT2D eigenvalue weighted by Gasteiger charge is 2.35. The molecule has 1 atom stereocenters. The Labute approximate surface area is 170 Å². The molecule has 0 radical (unpaired) electrons. The van der Waals surface area contributed by atoms with Gasteiger partial charge in [-0.15, -0.1) is 0 Å². The molecule has 1 aromatic carbocycles. The quantitative estimate of drug-likeness (QED) is 0.729. The number of carbonyl (C=O) groups is 1. The summed E-state index contributed by atoms with van der Waals surface area (Å²) in [6.45, 7) is 4.01. The first kappa shape index (κ1) is 21.0. The molecule has 3 rings (SSSR count). The van der Waals surface area contributed by atoms with Gasteiger partial charge < -0.3 is 14.8 Å². The molecular weight excluding hydrogens is 396 g/mol. The van der Waals surface area contributed by atoms with Gasteiger partial charge in [-0.2, -0.15) is 4.31 Å². The molecular formula is C19H24N4O5S. The Hall–Kier alpha value is -2.72. The van der Waals surface area contributed by atoms with Crippen LogP contribution in [-0.2, 0) is 14.8 Å². The van der Waals surface area contributed by atoms with Crippen molar-refractivity contribution in [2.24, 2.45) is 0 Å². The van der Waals surface area contributed by atoms with Crippen LogP contribution >= 0.6 is 0 Å². The van der Waals surface area contributed by atoms with Crippen LogP contribution in [0.3, 0.4) is 0 Å². The van der Waals surface area contributed by atoms with Gasteiger partial charge in [0, 0.05) is 31.0 Å². The summed E-state index contributed by atoms with van der Waals surface area (Å²) in [5.74, 6) is 0.375. The normalized spacial score (nSPS) is 17.1. The van der Waals surface area contributed by atoms with Crippen molar-refractivity contribution >= 4 is 21.6 Å². The third kappa shape index (κ3) is 4.65. The molecule has 9 nitrogen and oxygen atoms in total. The first-order valence-electron chi connectivity index (χ1n) is 9.27. The van der Waals surface area contributed by atoms with E-state index in [2.05, 4.69) is 15.3 Å². The monoisotopic (exact) mass is 420 g/mol. The van der Waals surface area contributed by atoms with Crippen LogP contribution in [0.15, 0.2) is 35.5 Å². The molecule has 1 aliphatic rings. The SMILES string of the molecule is CCC(=O)Nc1ccc(S(=O)(=O)N2CCC(Oc3nccnc3OC)C2)c(C)c1. The highest BCUT2D eigenvalue weighted by Crippen LogP contribution is 2.29. The molecule has 2 aromatic rings. The number of hydrogen-bond donors (Lipinski definition) is 1. The fraction of sp³-hybridized carbons (Fsp3) is 0.421. The third-order valence-corrected chi connectivity index (χ3v) is 6.64. The number of carbonyl (C=O) groups excluding carboxylic acids is 1.